The summed E-state index contributed by atoms with van der Waals surface area (Å²) in [5, 5.41) is 0.628. The third-order valence-electron chi connectivity index (χ3n) is 5.95. The van der Waals surface area contributed by atoms with Gasteiger partial charge in [-0.2, -0.15) is 0 Å². The van der Waals surface area contributed by atoms with Crippen LogP contribution in [0.3, 0.4) is 0 Å². The number of β-lactam (4-membered cyclic amide) rings is 1. The molecule has 5 nitrogen and oxygen atoms in total. The Morgan fingerprint density at radius 2 is 1.50 bits per heavy atom. The predicted molar refractivity (Wildman–Crippen MR) is 126 cm³/mol. The number of benzene rings is 3. The van der Waals surface area contributed by atoms with Crippen molar-refractivity contribution in [2.75, 3.05) is 19.1 Å². The molecule has 1 saturated heterocycles. The Hall–Kier alpha value is -3.18. The van der Waals surface area contributed by atoms with Gasteiger partial charge in [0.25, 0.3) is 5.91 Å². The van der Waals surface area contributed by atoms with E-state index in [0.29, 0.717) is 22.3 Å². The molecule has 0 bridgehead atoms. The molecule has 0 unspecified atom stereocenters. The summed E-state index contributed by atoms with van der Waals surface area (Å²) in [4.78, 5) is 15.1. The Morgan fingerprint density at radius 3 is 2.16 bits per heavy atom. The molecule has 0 aromatic heterocycles. The van der Waals surface area contributed by atoms with Crippen molar-refractivity contribution in [2.24, 2.45) is 0 Å². The van der Waals surface area contributed by atoms with Gasteiger partial charge in [-0.1, -0.05) is 23.7 Å². The molecule has 166 valence electrons. The first-order chi connectivity index (χ1) is 15.3. The van der Waals surface area contributed by atoms with Crippen LogP contribution in [0.25, 0.3) is 0 Å². The van der Waals surface area contributed by atoms with Crippen molar-refractivity contribution < 1.29 is 19.0 Å². The van der Waals surface area contributed by atoms with Gasteiger partial charge in [0, 0.05) is 10.7 Å². The van der Waals surface area contributed by atoms with Crippen LogP contribution >= 0.6 is 11.6 Å². The largest absolute Gasteiger partial charge is 0.493 e. The summed E-state index contributed by atoms with van der Waals surface area (Å²) in [7, 11) is 3.20. The highest BCUT2D eigenvalue weighted by atomic mass is 35.5. The highest BCUT2D eigenvalue weighted by Gasteiger charge is 2.51. The Kier molecular flexibility index (Phi) is 6.02. The van der Waals surface area contributed by atoms with Gasteiger partial charge >= 0.3 is 0 Å². The fourth-order valence-corrected chi connectivity index (χ4v) is 4.21. The number of ether oxygens (including phenoxy) is 3. The zero-order valence-electron chi connectivity index (χ0n) is 18.8. The predicted octanol–water partition coefficient (Wildman–Crippen LogP) is 5.82. The van der Waals surface area contributed by atoms with Crippen molar-refractivity contribution in [1.82, 2.24) is 0 Å². The topological polar surface area (TPSA) is 48.0 Å². The molecule has 1 aliphatic rings. The number of carbonyl (C=O) groups excluding carboxylic acids is 1. The van der Waals surface area contributed by atoms with Crippen LogP contribution in [0.1, 0.15) is 28.3 Å². The Labute approximate surface area is 193 Å². The summed E-state index contributed by atoms with van der Waals surface area (Å²) in [6.45, 7) is 6.01. The summed E-state index contributed by atoms with van der Waals surface area (Å²) < 4.78 is 17.1. The molecule has 1 amide bonds. The van der Waals surface area contributed by atoms with Crippen LogP contribution in [-0.4, -0.2) is 26.2 Å². The average molecular weight is 452 g/mol. The molecule has 0 saturated carbocycles. The first-order valence-electron chi connectivity index (χ1n) is 10.4. The number of amides is 1. The van der Waals surface area contributed by atoms with E-state index in [9.17, 15) is 4.79 Å². The van der Waals surface area contributed by atoms with E-state index in [-0.39, 0.29) is 11.9 Å². The van der Waals surface area contributed by atoms with E-state index in [1.54, 1.807) is 31.3 Å². The maximum absolute atomic E-state index is 13.3. The number of rotatable bonds is 6. The molecule has 1 fully saturated rings. The van der Waals surface area contributed by atoms with Gasteiger partial charge in [-0.25, -0.2) is 0 Å². The fraction of sp³-hybridized carbons (Fsp3) is 0.269. The normalized spacial score (nSPS) is 17.7. The van der Waals surface area contributed by atoms with Gasteiger partial charge in [-0.3, -0.25) is 9.69 Å². The summed E-state index contributed by atoms with van der Waals surface area (Å²) in [5.74, 6) is 1.77. The molecular formula is C26H26ClNO4. The van der Waals surface area contributed by atoms with Gasteiger partial charge < -0.3 is 14.2 Å². The minimum Gasteiger partial charge on any atom is -0.493 e. The molecule has 0 spiro atoms. The minimum absolute atomic E-state index is 0.0950. The molecule has 0 radical (unpaired) electrons. The Morgan fingerprint density at radius 1 is 0.781 bits per heavy atom. The molecule has 0 aliphatic carbocycles. The van der Waals surface area contributed by atoms with Gasteiger partial charge in [0.1, 0.15) is 11.8 Å². The highest BCUT2D eigenvalue weighted by molar-refractivity contribution is 6.30. The van der Waals surface area contributed by atoms with Crippen LogP contribution in [-0.2, 0) is 4.79 Å². The number of hydrogen-bond acceptors (Lipinski definition) is 4. The quantitative estimate of drug-likeness (QED) is 0.443. The number of aryl methyl sites for hydroxylation is 3. The minimum atomic E-state index is -0.672. The van der Waals surface area contributed by atoms with Crippen molar-refractivity contribution >= 4 is 23.2 Å². The second-order valence-corrected chi connectivity index (χ2v) is 8.42. The summed E-state index contributed by atoms with van der Waals surface area (Å²) in [6.07, 6.45) is -0.672. The lowest BCUT2D eigenvalue weighted by molar-refractivity contribution is -0.135. The first-order valence-corrected chi connectivity index (χ1v) is 10.8. The van der Waals surface area contributed by atoms with Crippen molar-refractivity contribution in [3.05, 3.63) is 81.9 Å². The van der Waals surface area contributed by atoms with E-state index in [4.69, 9.17) is 25.8 Å². The molecule has 6 heteroatoms. The molecule has 3 aromatic rings. The van der Waals surface area contributed by atoms with Gasteiger partial charge in [-0.15, -0.1) is 0 Å². The van der Waals surface area contributed by atoms with Gasteiger partial charge in [0.2, 0.25) is 6.10 Å². The van der Waals surface area contributed by atoms with Crippen molar-refractivity contribution in [1.29, 1.82) is 0 Å². The van der Waals surface area contributed by atoms with Crippen LogP contribution in [0.2, 0.25) is 5.02 Å². The third-order valence-corrected chi connectivity index (χ3v) is 6.19. The number of hydrogen-bond donors (Lipinski definition) is 0. The van der Waals surface area contributed by atoms with E-state index < -0.39 is 6.10 Å². The lowest BCUT2D eigenvalue weighted by Gasteiger charge is -2.47. The van der Waals surface area contributed by atoms with Gasteiger partial charge in [-0.05, 0) is 85.5 Å². The molecule has 3 aromatic carbocycles. The third kappa shape index (κ3) is 3.89. The van der Waals surface area contributed by atoms with E-state index >= 15 is 0 Å². The summed E-state index contributed by atoms with van der Waals surface area (Å²) in [6, 6.07) is 16.8. The van der Waals surface area contributed by atoms with Crippen molar-refractivity contribution in [3.63, 3.8) is 0 Å². The lowest BCUT2D eigenvalue weighted by Crippen LogP contribution is -2.61. The SMILES string of the molecule is COc1ccc([C@H]2[C@H](Oc3ccc(Cl)cc3C)C(=O)N2c2ccc(C)c(C)c2)cc1OC. The van der Waals surface area contributed by atoms with Gasteiger partial charge in [0.15, 0.2) is 11.5 Å². The number of carbonyl (C=O) groups is 1. The zero-order valence-corrected chi connectivity index (χ0v) is 19.6. The molecular weight excluding hydrogens is 426 g/mol. The molecule has 32 heavy (non-hydrogen) atoms. The number of methoxy groups -OCH3 is 2. The zero-order chi connectivity index (χ0) is 23.0. The summed E-state index contributed by atoms with van der Waals surface area (Å²) >= 11 is 6.09. The fourth-order valence-electron chi connectivity index (χ4n) is 3.98. The first kappa shape index (κ1) is 22.0. The van der Waals surface area contributed by atoms with E-state index in [1.165, 1.54) is 5.56 Å². The smallest absolute Gasteiger partial charge is 0.271 e. The van der Waals surface area contributed by atoms with E-state index in [0.717, 1.165) is 22.4 Å². The molecule has 1 heterocycles. The Balaban J connectivity index is 1.76. The maximum Gasteiger partial charge on any atom is 0.271 e. The molecule has 4 rings (SSSR count). The van der Waals surface area contributed by atoms with Crippen molar-refractivity contribution in [3.8, 4) is 17.2 Å². The average Bonchev–Trinajstić information content (AvgIpc) is 2.78. The second kappa shape index (κ2) is 8.75. The number of halogens is 1. The van der Waals surface area contributed by atoms with Crippen molar-refractivity contribution in [2.45, 2.75) is 32.9 Å². The molecule has 0 N–H and O–H groups in total. The van der Waals surface area contributed by atoms with Crippen LogP contribution < -0.4 is 19.1 Å². The van der Waals surface area contributed by atoms with Crippen LogP contribution in [0.5, 0.6) is 17.2 Å². The summed E-state index contributed by atoms with van der Waals surface area (Å²) in [5.41, 5.74) is 4.91. The van der Waals surface area contributed by atoms with E-state index in [1.807, 2.05) is 56.3 Å². The lowest BCUT2D eigenvalue weighted by atomic mass is 9.89. The Bertz CT molecular complexity index is 1180. The number of nitrogens with zero attached hydrogens (tertiary/aromatic N) is 1. The second-order valence-electron chi connectivity index (χ2n) is 7.98. The maximum atomic E-state index is 13.3. The van der Waals surface area contributed by atoms with E-state index in [2.05, 4.69) is 6.92 Å². The standard InChI is InChI=1S/C26H26ClNO4/c1-15-6-9-20(13-16(15)2)28-24(18-7-10-22(30-4)23(14-18)31-5)25(26(28)29)32-21-11-8-19(27)12-17(21)3/h6-14,24-25H,1-5H3/t24-,25-/m0/s1. The highest BCUT2D eigenvalue weighted by Crippen LogP contribution is 2.44. The molecule has 1 aliphatic heterocycles. The van der Waals surface area contributed by atoms with Crippen LogP contribution in [0.4, 0.5) is 5.69 Å². The molecule has 2 atom stereocenters. The van der Waals surface area contributed by atoms with Crippen LogP contribution in [0.15, 0.2) is 54.6 Å². The van der Waals surface area contributed by atoms with Gasteiger partial charge in [0.05, 0.1) is 14.2 Å². The monoisotopic (exact) mass is 451 g/mol. The van der Waals surface area contributed by atoms with Crippen LogP contribution in [0, 0.1) is 20.8 Å². The number of anilines is 1.